The quantitative estimate of drug-likeness (QED) is 0.554. The SMILES string of the molecule is Cc1ccc(SCCNC(=O)c2cnn(C)c2-n2cccc2)cc1. The van der Waals surface area contributed by atoms with Crippen molar-refractivity contribution in [3.8, 4) is 5.82 Å². The first-order valence-corrected chi connectivity index (χ1v) is 8.77. The van der Waals surface area contributed by atoms with E-state index < -0.39 is 0 Å². The molecule has 0 saturated heterocycles. The van der Waals surface area contributed by atoms with Gasteiger partial charge in [0.2, 0.25) is 0 Å². The average Bonchev–Trinajstić information content (AvgIpc) is 3.22. The minimum absolute atomic E-state index is 0.101. The first kappa shape index (κ1) is 16.4. The number of aryl methyl sites for hydroxylation is 2. The molecule has 0 aliphatic carbocycles. The summed E-state index contributed by atoms with van der Waals surface area (Å²) in [6.07, 6.45) is 5.42. The Morgan fingerprint density at radius 2 is 1.92 bits per heavy atom. The normalized spacial score (nSPS) is 10.8. The van der Waals surface area contributed by atoms with Crippen molar-refractivity contribution < 1.29 is 4.79 Å². The van der Waals surface area contributed by atoms with Gasteiger partial charge in [0.25, 0.3) is 5.91 Å². The maximum absolute atomic E-state index is 12.4. The standard InChI is InChI=1S/C18H20N4OS/c1-14-5-7-15(8-6-14)24-12-9-19-17(23)16-13-20-21(2)18(16)22-10-3-4-11-22/h3-8,10-11,13H,9,12H2,1-2H3,(H,19,23). The Morgan fingerprint density at radius 1 is 1.21 bits per heavy atom. The number of aromatic nitrogens is 3. The molecule has 0 bridgehead atoms. The van der Waals surface area contributed by atoms with Crippen LogP contribution in [-0.4, -0.2) is 32.6 Å². The van der Waals surface area contributed by atoms with Gasteiger partial charge in [-0.3, -0.25) is 9.48 Å². The number of thioether (sulfide) groups is 1. The maximum atomic E-state index is 12.4. The first-order valence-electron chi connectivity index (χ1n) is 7.78. The number of hydrogen-bond acceptors (Lipinski definition) is 3. The molecule has 0 fully saturated rings. The summed E-state index contributed by atoms with van der Waals surface area (Å²) in [5.74, 6) is 1.49. The summed E-state index contributed by atoms with van der Waals surface area (Å²) in [4.78, 5) is 13.7. The molecule has 124 valence electrons. The minimum Gasteiger partial charge on any atom is -0.351 e. The molecule has 0 spiro atoms. The summed E-state index contributed by atoms with van der Waals surface area (Å²) in [5, 5.41) is 7.18. The van der Waals surface area contributed by atoms with E-state index in [1.165, 1.54) is 10.5 Å². The highest BCUT2D eigenvalue weighted by Gasteiger charge is 2.16. The molecule has 1 aromatic carbocycles. The monoisotopic (exact) mass is 340 g/mol. The molecular weight excluding hydrogens is 320 g/mol. The fourth-order valence-corrected chi connectivity index (χ4v) is 3.20. The van der Waals surface area contributed by atoms with Crippen molar-refractivity contribution in [2.24, 2.45) is 7.05 Å². The van der Waals surface area contributed by atoms with E-state index in [1.807, 2.05) is 36.1 Å². The predicted octanol–water partition coefficient (Wildman–Crippen LogP) is 3.04. The fourth-order valence-electron chi connectivity index (χ4n) is 2.44. The molecule has 1 N–H and O–H groups in total. The summed E-state index contributed by atoms with van der Waals surface area (Å²) in [6, 6.07) is 12.2. The highest BCUT2D eigenvalue weighted by Crippen LogP contribution is 2.18. The van der Waals surface area contributed by atoms with Crippen LogP contribution in [0.25, 0.3) is 5.82 Å². The van der Waals surface area contributed by atoms with E-state index in [4.69, 9.17) is 0 Å². The maximum Gasteiger partial charge on any atom is 0.256 e. The van der Waals surface area contributed by atoms with Crippen molar-refractivity contribution in [3.05, 3.63) is 66.1 Å². The van der Waals surface area contributed by atoms with Crippen molar-refractivity contribution in [1.82, 2.24) is 19.7 Å². The van der Waals surface area contributed by atoms with Crippen LogP contribution < -0.4 is 5.32 Å². The summed E-state index contributed by atoms with van der Waals surface area (Å²) in [7, 11) is 1.83. The van der Waals surface area contributed by atoms with Gasteiger partial charge < -0.3 is 9.88 Å². The zero-order chi connectivity index (χ0) is 16.9. The molecule has 0 unspecified atom stereocenters. The molecule has 3 rings (SSSR count). The van der Waals surface area contributed by atoms with Gasteiger partial charge in [0, 0.05) is 36.6 Å². The van der Waals surface area contributed by atoms with E-state index in [0.717, 1.165) is 11.6 Å². The third kappa shape index (κ3) is 3.71. The van der Waals surface area contributed by atoms with Gasteiger partial charge in [-0.05, 0) is 31.2 Å². The molecule has 0 aliphatic heterocycles. The van der Waals surface area contributed by atoms with Crippen molar-refractivity contribution in [2.75, 3.05) is 12.3 Å². The lowest BCUT2D eigenvalue weighted by Crippen LogP contribution is -2.26. The van der Waals surface area contributed by atoms with E-state index in [0.29, 0.717) is 12.1 Å². The smallest absolute Gasteiger partial charge is 0.256 e. The Kier molecular flexibility index (Phi) is 5.05. The van der Waals surface area contributed by atoms with Crippen LogP contribution in [0.4, 0.5) is 0 Å². The average molecular weight is 340 g/mol. The van der Waals surface area contributed by atoms with E-state index in [-0.39, 0.29) is 5.91 Å². The number of nitrogens with one attached hydrogen (secondary N) is 1. The van der Waals surface area contributed by atoms with Crippen LogP contribution in [0.15, 0.2) is 59.9 Å². The van der Waals surface area contributed by atoms with Gasteiger partial charge in [-0.1, -0.05) is 17.7 Å². The summed E-state index contributed by atoms with van der Waals surface area (Å²) >= 11 is 1.73. The van der Waals surface area contributed by atoms with Crippen molar-refractivity contribution >= 4 is 17.7 Å². The Bertz CT molecular complexity index is 806. The topological polar surface area (TPSA) is 51.9 Å². The van der Waals surface area contributed by atoms with Crippen LogP contribution in [0.3, 0.4) is 0 Å². The fraction of sp³-hybridized carbons (Fsp3) is 0.222. The Labute approximate surface area is 145 Å². The van der Waals surface area contributed by atoms with Gasteiger partial charge in [-0.25, -0.2) is 0 Å². The molecule has 1 amide bonds. The van der Waals surface area contributed by atoms with Gasteiger partial charge in [-0.15, -0.1) is 11.8 Å². The second-order valence-electron chi connectivity index (χ2n) is 5.51. The molecule has 0 aliphatic rings. The van der Waals surface area contributed by atoms with E-state index >= 15 is 0 Å². The zero-order valence-corrected chi connectivity index (χ0v) is 14.6. The van der Waals surface area contributed by atoms with Gasteiger partial charge in [-0.2, -0.15) is 5.10 Å². The molecule has 3 aromatic rings. The van der Waals surface area contributed by atoms with Gasteiger partial charge in [0.05, 0.1) is 6.20 Å². The second-order valence-corrected chi connectivity index (χ2v) is 6.68. The zero-order valence-electron chi connectivity index (χ0n) is 13.8. The number of rotatable bonds is 6. The van der Waals surface area contributed by atoms with Gasteiger partial charge in [0.1, 0.15) is 11.4 Å². The summed E-state index contributed by atoms with van der Waals surface area (Å²) in [5.41, 5.74) is 1.83. The van der Waals surface area contributed by atoms with E-state index in [1.54, 1.807) is 22.6 Å². The Morgan fingerprint density at radius 3 is 2.62 bits per heavy atom. The Hall–Kier alpha value is -2.47. The predicted molar refractivity (Wildman–Crippen MR) is 96.8 cm³/mol. The first-order chi connectivity index (χ1) is 11.6. The van der Waals surface area contributed by atoms with E-state index in [2.05, 4.69) is 41.6 Å². The van der Waals surface area contributed by atoms with Crippen LogP contribution >= 0.6 is 11.8 Å². The molecule has 0 atom stereocenters. The molecule has 24 heavy (non-hydrogen) atoms. The number of hydrogen-bond donors (Lipinski definition) is 1. The van der Waals surface area contributed by atoms with Gasteiger partial charge >= 0.3 is 0 Å². The molecule has 2 heterocycles. The number of benzene rings is 1. The van der Waals surface area contributed by atoms with Gasteiger partial charge in [0.15, 0.2) is 0 Å². The highest BCUT2D eigenvalue weighted by atomic mass is 32.2. The molecule has 0 saturated carbocycles. The molecule has 0 radical (unpaired) electrons. The minimum atomic E-state index is -0.101. The van der Waals surface area contributed by atoms with Crippen molar-refractivity contribution in [2.45, 2.75) is 11.8 Å². The van der Waals surface area contributed by atoms with Crippen LogP contribution in [0.5, 0.6) is 0 Å². The molecule has 5 nitrogen and oxygen atoms in total. The lowest BCUT2D eigenvalue weighted by atomic mass is 10.2. The highest BCUT2D eigenvalue weighted by molar-refractivity contribution is 7.99. The van der Waals surface area contributed by atoms with Crippen LogP contribution in [0.2, 0.25) is 0 Å². The van der Waals surface area contributed by atoms with Crippen LogP contribution in [0, 0.1) is 6.92 Å². The van der Waals surface area contributed by atoms with Crippen molar-refractivity contribution in [3.63, 3.8) is 0 Å². The third-order valence-electron chi connectivity index (χ3n) is 3.68. The number of carbonyl (C=O) groups excluding carboxylic acids is 1. The van der Waals surface area contributed by atoms with E-state index in [9.17, 15) is 4.79 Å². The molecule has 2 aromatic heterocycles. The number of amides is 1. The second kappa shape index (κ2) is 7.40. The van der Waals surface area contributed by atoms with Crippen molar-refractivity contribution in [1.29, 1.82) is 0 Å². The van der Waals surface area contributed by atoms with Crippen LogP contribution in [-0.2, 0) is 7.05 Å². The largest absolute Gasteiger partial charge is 0.351 e. The number of nitrogens with zero attached hydrogens (tertiary/aromatic N) is 3. The lowest BCUT2D eigenvalue weighted by Gasteiger charge is -2.08. The summed E-state index contributed by atoms with van der Waals surface area (Å²) < 4.78 is 3.60. The Balaban J connectivity index is 1.57. The summed E-state index contributed by atoms with van der Waals surface area (Å²) in [6.45, 7) is 2.68. The number of carbonyl (C=O) groups is 1. The molecular formula is C18H20N4OS. The lowest BCUT2D eigenvalue weighted by molar-refractivity contribution is 0.0956. The van der Waals surface area contributed by atoms with Crippen LogP contribution in [0.1, 0.15) is 15.9 Å². The third-order valence-corrected chi connectivity index (χ3v) is 4.69. The molecule has 6 heteroatoms.